The summed E-state index contributed by atoms with van der Waals surface area (Å²) in [7, 11) is 0. The number of aliphatic hydroxyl groups excluding tert-OH is 1. The minimum absolute atomic E-state index is 0.118. The third kappa shape index (κ3) is 3.35. The van der Waals surface area contributed by atoms with Crippen LogP contribution < -0.4 is 0 Å². The summed E-state index contributed by atoms with van der Waals surface area (Å²) in [5, 5.41) is 10.4. The zero-order valence-electron chi connectivity index (χ0n) is 15.7. The largest absolute Gasteiger partial charge is 0.458 e. The minimum Gasteiger partial charge on any atom is -0.458 e. The highest BCUT2D eigenvalue weighted by atomic mass is 16.6. The zero-order valence-corrected chi connectivity index (χ0v) is 15.7. The Labute approximate surface area is 153 Å². The van der Waals surface area contributed by atoms with Gasteiger partial charge in [-0.3, -0.25) is 0 Å². The number of rotatable bonds is 2. The third-order valence-corrected chi connectivity index (χ3v) is 5.71. The first-order valence-electron chi connectivity index (χ1n) is 8.94. The molecule has 0 aromatic rings. The molecule has 2 fully saturated rings. The summed E-state index contributed by atoms with van der Waals surface area (Å²) < 4.78 is 17.0. The lowest BCUT2D eigenvalue weighted by atomic mass is 9.82. The number of carbonyl (C=O) groups excluding carboxylic acids is 2. The smallest absolute Gasteiger partial charge is 0.334 e. The predicted molar refractivity (Wildman–Crippen MR) is 94.1 cm³/mol. The molecule has 0 spiro atoms. The fourth-order valence-corrected chi connectivity index (χ4v) is 3.70. The molecule has 0 aromatic heterocycles. The zero-order chi connectivity index (χ0) is 19.2. The lowest BCUT2D eigenvalue weighted by Gasteiger charge is -2.29. The van der Waals surface area contributed by atoms with Crippen molar-refractivity contribution in [1.82, 2.24) is 0 Å². The number of esters is 2. The third-order valence-electron chi connectivity index (χ3n) is 5.71. The number of epoxide rings is 1. The van der Waals surface area contributed by atoms with E-state index in [2.05, 4.69) is 6.58 Å². The first kappa shape index (κ1) is 18.9. The fourth-order valence-electron chi connectivity index (χ4n) is 3.70. The van der Waals surface area contributed by atoms with Gasteiger partial charge in [0.15, 0.2) is 0 Å². The Morgan fingerprint density at radius 3 is 2.85 bits per heavy atom. The lowest BCUT2D eigenvalue weighted by molar-refractivity contribution is -0.148. The van der Waals surface area contributed by atoms with Crippen LogP contribution >= 0.6 is 0 Å². The lowest BCUT2D eigenvalue weighted by Crippen LogP contribution is -2.37. The number of carbonyl (C=O) groups is 2. The number of ether oxygens (including phenoxy) is 3. The van der Waals surface area contributed by atoms with Crippen LogP contribution in [0.4, 0.5) is 0 Å². The van der Waals surface area contributed by atoms with E-state index in [1.165, 1.54) is 0 Å². The van der Waals surface area contributed by atoms with Crippen molar-refractivity contribution in [3.05, 3.63) is 35.5 Å². The molecule has 0 amide bonds. The van der Waals surface area contributed by atoms with Crippen molar-refractivity contribution in [2.75, 3.05) is 0 Å². The molecule has 1 N–H and O–H groups in total. The number of aliphatic hydroxyl groups is 1. The summed E-state index contributed by atoms with van der Waals surface area (Å²) in [4.78, 5) is 24.5. The van der Waals surface area contributed by atoms with Crippen LogP contribution in [0.25, 0.3) is 0 Å². The standard InChI is InChI=1S/C20H26O6/c1-6-10(2)18(22)25-15-9-20(5)16(26-20)8-13(21)11(3)7-14-17(15)12(4)19(23)24-14/h6-7,13-17,21H,4,8-9H2,1-3,5H3/b10-6-,11-7-/t13-,14+,15-,16+,17+,20+/m1/s1. The molecule has 0 unspecified atom stereocenters. The summed E-state index contributed by atoms with van der Waals surface area (Å²) in [6.07, 6.45) is 2.29. The summed E-state index contributed by atoms with van der Waals surface area (Å²) in [5.74, 6) is -1.43. The van der Waals surface area contributed by atoms with Gasteiger partial charge >= 0.3 is 11.9 Å². The molecule has 6 nitrogen and oxygen atoms in total. The Morgan fingerprint density at radius 2 is 2.19 bits per heavy atom. The van der Waals surface area contributed by atoms with Gasteiger partial charge < -0.3 is 19.3 Å². The summed E-state index contributed by atoms with van der Waals surface area (Å²) in [6.45, 7) is 11.0. The van der Waals surface area contributed by atoms with Gasteiger partial charge in [-0.1, -0.05) is 12.7 Å². The molecule has 6 heteroatoms. The first-order valence-corrected chi connectivity index (χ1v) is 8.94. The molecule has 2 saturated heterocycles. The van der Waals surface area contributed by atoms with Gasteiger partial charge in [0.2, 0.25) is 0 Å². The molecular formula is C20H26O6. The van der Waals surface area contributed by atoms with Gasteiger partial charge in [0.25, 0.3) is 0 Å². The van der Waals surface area contributed by atoms with Gasteiger partial charge in [0.1, 0.15) is 12.2 Å². The van der Waals surface area contributed by atoms with Crippen molar-refractivity contribution in [1.29, 1.82) is 0 Å². The van der Waals surface area contributed by atoms with Crippen LogP contribution in [0, 0.1) is 5.92 Å². The number of allylic oxidation sites excluding steroid dienone is 1. The summed E-state index contributed by atoms with van der Waals surface area (Å²) >= 11 is 0. The minimum atomic E-state index is -0.667. The van der Waals surface area contributed by atoms with Gasteiger partial charge in [-0.25, -0.2) is 9.59 Å². The highest BCUT2D eigenvalue weighted by molar-refractivity contribution is 5.92. The van der Waals surface area contributed by atoms with Crippen molar-refractivity contribution in [2.45, 2.75) is 70.6 Å². The van der Waals surface area contributed by atoms with Gasteiger partial charge in [0.05, 0.1) is 23.7 Å². The second-order valence-corrected chi connectivity index (χ2v) is 7.62. The molecule has 142 valence electrons. The van der Waals surface area contributed by atoms with Crippen LogP contribution in [-0.4, -0.2) is 47.1 Å². The topological polar surface area (TPSA) is 85.4 Å². The van der Waals surface area contributed by atoms with Gasteiger partial charge in [-0.15, -0.1) is 0 Å². The highest BCUT2D eigenvalue weighted by Gasteiger charge is 2.57. The molecule has 0 radical (unpaired) electrons. The van der Waals surface area contributed by atoms with Crippen molar-refractivity contribution in [3.63, 3.8) is 0 Å². The van der Waals surface area contributed by atoms with Crippen LogP contribution in [0.2, 0.25) is 0 Å². The van der Waals surface area contributed by atoms with E-state index in [0.29, 0.717) is 24.0 Å². The number of fused-ring (bicyclic) bond motifs is 2. The van der Waals surface area contributed by atoms with Crippen LogP contribution in [0.1, 0.15) is 40.5 Å². The van der Waals surface area contributed by atoms with Crippen molar-refractivity contribution < 1.29 is 28.9 Å². The van der Waals surface area contributed by atoms with E-state index >= 15 is 0 Å². The molecular weight excluding hydrogens is 336 g/mol. The second kappa shape index (κ2) is 6.67. The van der Waals surface area contributed by atoms with Crippen molar-refractivity contribution in [3.8, 4) is 0 Å². The molecule has 0 saturated carbocycles. The molecule has 2 aliphatic heterocycles. The summed E-state index contributed by atoms with van der Waals surface area (Å²) in [6, 6.07) is 0. The predicted octanol–water partition coefficient (Wildman–Crippen LogP) is 2.22. The maximum absolute atomic E-state index is 12.4. The molecule has 3 aliphatic rings. The molecule has 0 aromatic carbocycles. The number of hydrogen-bond donors (Lipinski definition) is 1. The first-order chi connectivity index (χ1) is 12.2. The molecule has 3 rings (SSSR count). The van der Waals surface area contributed by atoms with Crippen LogP contribution in [0.5, 0.6) is 0 Å². The SMILES string of the molecule is C=C1C(=O)O[C@H]2/C=C(/C)[C@H](O)C[C@@H]3O[C@@]3(C)C[C@@H](OC(=O)/C(C)=C\C)[C@@H]12. The number of hydrogen-bond acceptors (Lipinski definition) is 6. The van der Waals surface area contributed by atoms with Gasteiger partial charge in [0, 0.05) is 24.0 Å². The van der Waals surface area contributed by atoms with Crippen LogP contribution in [0.3, 0.4) is 0 Å². The van der Waals surface area contributed by atoms with Gasteiger partial charge in [-0.05, 0) is 39.3 Å². The van der Waals surface area contributed by atoms with E-state index < -0.39 is 41.8 Å². The van der Waals surface area contributed by atoms with E-state index in [4.69, 9.17) is 14.2 Å². The Bertz CT molecular complexity index is 705. The normalized spacial score (nSPS) is 42.1. The van der Waals surface area contributed by atoms with E-state index in [1.807, 2.05) is 6.92 Å². The van der Waals surface area contributed by atoms with Crippen LogP contribution in [-0.2, 0) is 23.8 Å². The Morgan fingerprint density at radius 1 is 1.50 bits per heavy atom. The van der Waals surface area contributed by atoms with E-state index in [1.54, 1.807) is 32.9 Å². The highest BCUT2D eigenvalue weighted by Crippen LogP contribution is 2.47. The Balaban J connectivity index is 1.98. The maximum Gasteiger partial charge on any atom is 0.334 e. The van der Waals surface area contributed by atoms with E-state index in [9.17, 15) is 14.7 Å². The molecule has 2 heterocycles. The molecule has 0 bridgehead atoms. The quantitative estimate of drug-likeness (QED) is 0.351. The summed E-state index contributed by atoms with van der Waals surface area (Å²) in [5.41, 5.74) is 0.974. The van der Waals surface area contributed by atoms with Crippen molar-refractivity contribution >= 4 is 11.9 Å². The molecule has 1 aliphatic carbocycles. The average Bonchev–Trinajstić information content (AvgIpc) is 3.11. The van der Waals surface area contributed by atoms with E-state index in [-0.39, 0.29) is 11.7 Å². The second-order valence-electron chi connectivity index (χ2n) is 7.62. The molecule has 6 atom stereocenters. The maximum atomic E-state index is 12.4. The fraction of sp³-hybridized carbons (Fsp3) is 0.600. The van der Waals surface area contributed by atoms with Crippen LogP contribution in [0.15, 0.2) is 35.5 Å². The average molecular weight is 362 g/mol. The van der Waals surface area contributed by atoms with Gasteiger partial charge in [-0.2, -0.15) is 0 Å². The Hall–Kier alpha value is -1.92. The van der Waals surface area contributed by atoms with E-state index in [0.717, 1.165) is 0 Å². The monoisotopic (exact) mass is 362 g/mol. The Kier molecular flexibility index (Phi) is 4.84. The van der Waals surface area contributed by atoms with Crippen molar-refractivity contribution in [2.24, 2.45) is 5.92 Å². The molecule has 26 heavy (non-hydrogen) atoms.